The Labute approximate surface area is 107 Å². The molecule has 1 unspecified atom stereocenters. The zero-order valence-electron chi connectivity index (χ0n) is 11.2. The lowest BCUT2D eigenvalue weighted by Crippen LogP contribution is -2.53. The van der Waals surface area contributed by atoms with Crippen LogP contribution < -0.4 is 0 Å². The molecular weight excluding hydrogens is 234 g/mol. The van der Waals surface area contributed by atoms with Gasteiger partial charge in [-0.2, -0.15) is 4.98 Å². The van der Waals surface area contributed by atoms with Crippen LogP contribution in [0.5, 0.6) is 0 Å². The predicted octanol–water partition coefficient (Wildman–Crippen LogP) is 0.604. The van der Waals surface area contributed by atoms with Crippen molar-refractivity contribution < 1.29 is 14.4 Å². The Hall–Kier alpha value is -0.980. The van der Waals surface area contributed by atoms with E-state index < -0.39 is 0 Å². The highest BCUT2D eigenvalue weighted by Gasteiger charge is 2.33. The average molecular weight is 255 g/mol. The minimum atomic E-state index is -0.265. The van der Waals surface area contributed by atoms with Gasteiger partial charge < -0.3 is 14.4 Å². The molecular formula is C12H21N3O3. The predicted molar refractivity (Wildman–Crippen MR) is 65.0 cm³/mol. The lowest BCUT2D eigenvalue weighted by atomic mass is 10.1. The van der Waals surface area contributed by atoms with E-state index in [-0.39, 0.29) is 18.3 Å². The molecule has 0 aliphatic carbocycles. The third-order valence-electron chi connectivity index (χ3n) is 2.94. The molecule has 1 saturated heterocycles. The monoisotopic (exact) mass is 255 g/mol. The highest BCUT2D eigenvalue weighted by molar-refractivity contribution is 4.89. The second-order valence-corrected chi connectivity index (χ2v) is 5.31. The number of aliphatic hydroxyl groups is 1. The van der Waals surface area contributed by atoms with E-state index in [9.17, 15) is 5.11 Å². The van der Waals surface area contributed by atoms with Crippen LogP contribution in [0.1, 0.15) is 32.5 Å². The quantitative estimate of drug-likeness (QED) is 0.849. The van der Waals surface area contributed by atoms with Crippen LogP contribution in [0.3, 0.4) is 0 Å². The van der Waals surface area contributed by atoms with Gasteiger partial charge in [0.2, 0.25) is 5.89 Å². The molecule has 18 heavy (non-hydrogen) atoms. The molecule has 1 N–H and O–H groups in total. The Morgan fingerprint density at radius 3 is 2.89 bits per heavy atom. The van der Waals surface area contributed by atoms with Gasteiger partial charge in [0.1, 0.15) is 0 Å². The maximum Gasteiger partial charge on any atom is 0.240 e. The summed E-state index contributed by atoms with van der Waals surface area (Å²) in [7, 11) is 0. The third kappa shape index (κ3) is 3.28. The lowest BCUT2D eigenvalue weighted by Gasteiger charge is -2.41. The summed E-state index contributed by atoms with van der Waals surface area (Å²) in [6.07, 6.45) is 0.625. The van der Waals surface area contributed by atoms with Crippen LogP contribution in [0.2, 0.25) is 0 Å². The van der Waals surface area contributed by atoms with Crippen molar-refractivity contribution in [3.63, 3.8) is 0 Å². The minimum Gasteiger partial charge on any atom is -0.394 e. The molecule has 2 heterocycles. The summed E-state index contributed by atoms with van der Waals surface area (Å²) >= 11 is 0. The zero-order valence-corrected chi connectivity index (χ0v) is 11.2. The number of aryl methyl sites for hydroxylation is 1. The van der Waals surface area contributed by atoms with Crippen LogP contribution >= 0.6 is 0 Å². The summed E-state index contributed by atoms with van der Waals surface area (Å²) in [4.78, 5) is 6.48. The van der Waals surface area contributed by atoms with E-state index in [4.69, 9.17) is 9.26 Å². The van der Waals surface area contributed by atoms with E-state index in [2.05, 4.69) is 15.0 Å². The van der Waals surface area contributed by atoms with Crippen molar-refractivity contribution in [3.8, 4) is 0 Å². The number of aromatic nitrogens is 2. The van der Waals surface area contributed by atoms with Crippen LogP contribution in [-0.2, 0) is 17.7 Å². The molecule has 102 valence electrons. The summed E-state index contributed by atoms with van der Waals surface area (Å²) in [6, 6.07) is 0. The number of aliphatic hydroxyl groups excluding tert-OH is 1. The highest BCUT2D eigenvalue weighted by atomic mass is 16.5. The molecule has 0 spiro atoms. The zero-order chi connectivity index (χ0) is 13.2. The Morgan fingerprint density at radius 2 is 2.28 bits per heavy atom. The topological polar surface area (TPSA) is 71.6 Å². The maximum absolute atomic E-state index is 9.25. The van der Waals surface area contributed by atoms with E-state index in [1.807, 2.05) is 20.8 Å². The summed E-state index contributed by atoms with van der Waals surface area (Å²) in [6.45, 7) is 8.14. The van der Waals surface area contributed by atoms with E-state index in [1.54, 1.807) is 0 Å². The van der Waals surface area contributed by atoms with Gasteiger partial charge in [-0.25, -0.2) is 0 Å². The van der Waals surface area contributed by atoms with Gasteiger partial charge in [-0.05, 0) is 13.8 Å². The molecule has 1 aliphatic heterocycles. The molecule has 1 fully saturated rings. The number of hydrogen-bond donors (Lipinski definition) is 1. The fourth-order valence-electron chi connectivity index (χ4n) is 2.32. The number of ether oxygens (including phenoxy) is 1. The van der Waals surface area contributed by atoms with E-state index >= 15 is 0 Å². The Morgan fingerprint density at radius 1 is 1.50 bits per heavy atom. The number of hydrogen-bond acceptors (Lipinski definition) is 6. The number of morpholine rings is 1. The largest absolute Gasteiger partial charge is 0.394 e. The van der Waals surface area contributed by atoms with Crippen LogP contribution in [-0.4, -0.2) is 51.5 Å². The molecule has 0 radical (unpaired) electrons. The van der Waals surface area contributed by atoms with Gasteiger partial charge in [-0.1, -0.05) is 12.1 Å². The van der Waals surface area contributed by atoms with Gasteiger partial charge in [0.15, 0.2) is 5.82 Å². The van der Waals surface area contributed by atoms with Crippen molar-refractivity contribution >= 4 is 0 Å². The summed E-state index contributed by atoms with van der Waals surface area (Å²) in [5, 5.41) is 13.1. The van der Waals surface area contributed by atoms with Crippen LogP contribution in [0.15, 0.2) is 4.52 Å². The normalized spacial score (nSPS) is 24.3. The molecule has 1 aromatic rings. The molecule has 6 nitrogen and oxygen atoms in total. The summed E-state index contributed by atoms with van der Waals surface area (Å²) in [5.74, 6) is 1.36. The fraction of sp³-hybridized carbons (Fsp3) is 0.833. The molecule has 1 aliphatic rings. The molecule has 0 aromatic carbocycles. The Balaban J connectivity index is 1.99. The lowest BCUT2D eigenvalue weighted by molar-refractivity contribution is -0.151. The maximum atomic E-state index is 9.25. The standard InChI is InChI=1S/C12H21N3O3/c1-4-10-13-11(18-14-10)6-15-5-9(7-16)17-12(2,3)8-15/h9,16H,4-8H2,1-3H3. The van der Waals surface area contributed by atoms with Crippen molar-refractivity contribution in [3.05, 3.63) is 11.7 Å². The van der Waals surface area contributed by atoms with Crippen molar-refractivity contribution in [2.45, 2.75) is 45.4 Å². The summed E-state index contributed by atoms with van der Waals surface area (Å²) < 4.78 is 10.9. The van der Waals surface area contributed by atoms with Crippen molar-refractivity contribution in [2.24, 2.45) is 0 Å². The molecule has 1 aromatic heterocycles. The number of nitrogens with zero attached hydrogens (tertiary/aromatic N) is 3. The SMILES string of the molecule is CCc1noc(CN2CC(CO)OC(C)(C)C2)n1. The van der Waals surface area contributed by atoms with Gasteiger partial charge >= 0.3 is 0 Å². The summed E-state index contributed by atoms with van der Waals surface area (Å²) in [5.41, 5.74) is -0.265. The fourth-order valence-corrected chi connectivity index (χ4v) is 2.32. The van der Waals surface area contributed by atoms with Crippen molar-refractivity contribution in [1.29, 1.82) is 0 Å². The number of rotatable bonds is 4. The van der Waals surface area contributed by atoms with E-state index in [0.717, 1.165) is 18.8 Å². The second-order valence-electron chi connectivity index (χ2n) is 5.31. The van der Waals surface area contributed by atoms with Gasteiger partial charge in [0.05, 0.1) is 24.9 Å². The molecule has 0 amide bonds. The smallest absolute Gasteiger partial charge is 0.240 e. The Kier molecular flexibility index (Phi) is 3.99. The molecule has 0 bridgehead atoms. The van der Waals surface area contributed by atoms with Gasteiger partial charge in [-0.3, -0.25) is 4.90 Å². The molecule has 6 heteroatoms. The van der Waals surface area contributed by atoms with Crippen molar-refractivity contribution in [2.75, 3.05) is 19.7 Å². The second kappa shape index (κ2) is 5.34. The van der Waals surface area contributed by atoms with Gasteiger partial charge in [0, 0.05) is 19.5 Å². The first kappa shape index (κ1) is 13.5. The molecule has 2 rings (SSSR count). The van der Waals surface area contributed by atoms with Gasteiger partial charge in [0.25, 0.3) is 0 Å². The first-order valence-corrected chi connectivity index (χ1v) is 6.35. The Bertz CT molecular complexity index is 392. The van der Waals surface area contributed by atoms with E-state index in [0.29, 0.717) is 19.0 Å². The van der Waals surface area contributed by atoms with Crippen LogP contribution in [0, 0.1) is 0 Å². The van der Waals surface area contributed by atoms with Crippen LogP contribution in [0.4, 0.5) is 0 Å². The molecule has 0 saturated carbocycles. The van der Waals surface area contributed by atoms with Crippen molar-refractivity contribution in [1.82, 2.24) is 15.0 Å². The molecule has 1 atom stereocenters. The van der Waals surface area contributed by atoms with Crippen LogP contribution in [0.25, 0.3) is 0 Å². The minimum absolute atomic E-state index is 0.0317. The highest BCUT2D eigenvalue weighted by Crippen LogP contribution is 2.22. The third-order valence-corrected chi connectivity index (χ3v) is 2.94. The van der Waals surface area contributed by atoms with E-state index in [1.165, 1.54) is 0 Å². The first-order valence-electron chi connectivity index (χ1n) is 6.35. The average Bonchev–Trinajstić information content (AvgIpc) is 2.74. The first-order chi connectivity index (χ1) is 8.52. The van der Waals surface area contributed by atoms with Gasteiger partial charge in [-0.15, -0.1) is 0 Å².